The maximum atomic E-state index is 7.56. The van der Waals surface area contributed by atoms with Gasteiger partial charge in [0.1, 0.15) is 46.0 Å². The number of benzene rings is 19. The predicted octanol–water partition coefficient (Wildman–Crippen LogP) is 28.1. The maximum absolute atomic E-state index is 7.56. The fourth-order valence-corrected chi connectivity index (χ4v) is 19.9. The topological polar surface area (TPSA) is 43.4 Å². The van der Waals surface area contributed by atoms with E-state index in [0.29, 0.717) is 0 Å². The number of rotatable bonds is 14. The van der Waals surface area contributed by atoms with Crippen LogP contribution in [0.1, 0.15) is 77.6 Å². The fourth-order valence-electron chi connectivity index (χ4n) is 19.9. The van der Waals surface area contributed by atoms with Crippen molar-refractivity contribution in [2.75, 3.05) is 9.80 Å². The van der Waals surface area contributed by atoms with Gasteiger partial charge in [-0.25, -0.2) is 0 Å². The molecule has 23 rings (SSSR count). The molecule has 19 aromatic rings. The van der Waals surface area contributed by atoms with Gasteiger partial charge in [-0.05, 0) is 263 Å². The summed E-state index contributed by atoms with van der Waals surface area (Å²) < 4.78 is 29.7. The monoisotopic (exact) mass is 1620 g/mol. The Labute approximate surface area is 737 Å². The molecule has 0 saturated carbocycles. The number of fused-ring (bicyclic) bond motifs is 12. The largest absolute Gasteiger partial charge is 0.458 e. The summed E-state index contributed by atoms with van der Waals surface area (Å²) in [7, 11) is 0. The molecule has 0 unspecified atom stereocenters. The summed E-state index contributed by atoms with van der Waals surface area (Å²) >= 11 is 0. The quantitative estimate of drug-likeness (QED) is 0.101. The van der Waals surface area contributed by atoms with Crippen LogP contribution >= 0.6 is 0 Å². The van der Waals surface area contributed by atoms with Gasteiger partial charge in [0.25, 0.3) is 13.4 Å². The summed E-state index contributed by atoms with van der Waals surface area (Å²) in [6.45, 7) is 18.1. The zero-order valence-corrected chi connectivity index (χ0v) is 71.8. The van der Waals surface area contributed by atoms with Gasteiger partial charge >= 0.3 is 0 Å². The van der Waals surface area contributed by atoms with Crippen molar-refractivity contribution in [2.24, 2.45) is 0 Å². The van der Waals surface area contributed by atoms with Crippen LogP contribution in [-0.2, 0) is 22.7 Å². The lowest BCUT2D eigenvalue weighted by Gasteiger charge is -2.35. The molecule has 0 atom stereocenters. The Morgan fingerprint density at radius 1 is 0.214 bits per heavy atom. The van der Waals surface area contributed by atoms with Crippen molar-refractivity contribution in [3.8, 4) is 102 Å². The van der Waals surface area contributed by atoms with Crippen molar-refractivity contribution in [3.63, 3.8) is 0 Å². The molecule has 126 heavy (non-hydrogen) atoms. The van der Waals surface area contributed by atoms with E-state index < -0.39 is 0 Å². The Morgan fingerprint density at radius 2 is 0.492 bits per heavy atom. The van der Waals surface area contributed by atoms with Gasteiger partial charge in [0.05, 0.1) is 11.4 Å². The van der Waals surface area contributed by atoms with Crippen LogP contribution in [0.4, 0.5) is 34.1 Å². The van der Waals surface area contributed by atoms with Crippen LogP contribution in [0.2, 0.25) is 0 Å². The molecule has 0 N–H and O–H groups in total. The summed E-state index contributed by atoms with van der Waals surface area (Å²) in [5.74, 6) is 6.34. The highest BCUT2D eigenvalue weighted by Gasteiger charge is 2.44. The maximum Gasteiger partial charge on any atom is 0.260 e. The number of ether oxygens (including phenoxy) is 4. The van der Waals surface area contributed by atoms with E-state index in [1.165, 1.54) is 70.9 Å². The summed E-state index contributed by atoms with van der Waals surface area (Å²) in [4.78, 5) is 4.72. The molecule has 19 aromatic carbocycles. The number of nitrogens with zero attached hydrogens (tertiary/aromatic N) is 2. The van der Waals surface area contributed by atoms with Crippen molar-refractivity contribution in [3.05, 3.63) is 411 Å². The Kier molecular flexibility index (Phi) is 17.9. The smallest absolute Gasteiger partial charge is 0.260 e. The molecular formula is C118H90B2N2O4. The Hall–Kier alpha value is -14.9. The molecule has 0 radical (unpaired) electrons. The average molecular weight is 1620 g/mol. The van der Waals surface area contributed by atoms with Gasteiger partial charge in [-0.2, -0.15) is 0 Å². The molecule has 602 valence electrons. The summed E-state index contributed by atoms with van der Waals surface area (Å²) in [5, 5.41) is 9.58. The normalized spacial score (nSPS) is 12.9. The molecule has 0 saturated heterocycles. The SMILES string of the molecule is CC(C)(C)c1ccc(N(c2ccc(C(C)(C)Cc3cc4ccccc4cc3-c3ccc4c(c3)Oc3cc(N(c5ccc(-c6ccccc6)cc5)c5ccc(C(C)(C)C)cc5)cc5c3B4c3ccc(-c4ccc6ccccc6c4)cc3O5)cc2)c2cc3c4c(c2)Oc2cc(-c5ccc6ccccc6c5)ccc2B4c2ccc(-c4ccc5ccccc5c4)cc2O3)cc1. The molecule has 6 nitrogen and oxygen atoms in total. The summed E-state index contributed by atoms with van der Waals surface area (Å²) in [5.41, 5.74) is 28.0. The first kappa shape index (κ1) is 76.1. The van der Waals surface area contributed by atoms with Crippen molar-refractivity contribution in [2.45, 2.75) is 78.1 Å². The van der Waals surface area contributed by atoms with Crippen LogP contribution in [-0.4, -0.2) is 13.4 Å². The van der Waals surface area contributed by atoms with Crippen molar-refractivity contribution >= 4 is 123 Å². The van der Waals surface area contributed by atoms with Gasteiger partial charge in [-0.1, -0.05) is 322 Å². The molecule has 0 aromatic heterocycles. The number of hydrogen-bond acceptors (Lipinski definition) is 6. The Morgan fingerprint density at radius 3 is 0.857 bits per heavy atom. The van der Waals surface area contributed by atoms with E-state index in [1.807, 2.05) is 0 Å². The average Bonchev–Trinajstić information content (AvgIpc) is 0.718. The second-order valence-corrected chi connectivity index (χ2v) is 37.3. The van der Waals surface area contributed by atoms with E-state index in [-0.39, 0.29) is 29.7 Å². The third-order valence-electron chi connectivity index (χ3n) is 26.7. The molecule has 0 bridgehead atoms. The van der Waals surface area contributed by atoms with Crippen molar-refractivity contribution in [1.29, 1.82) is 0 Å². The standard InChI is InChI=1S/C118H90B2N2O4/c1-116(2,3)92-42-50-96(51-43-92)121(95-48-36-78(37-49-95)74-20-10-9-11-21-74)99-69-110-115-113(70-99)126-109-68-90(41-59-105(109)120(115)104-58-40-89(67-108(104)125-110)86-35-32-77-24-14-17-27-81(77)62-86)101-64-83-29-19-18-28-82(83)63-91(101)73-118(7,8)94-46-54-98(55-47-94)122(97-52-44-93(45-53-97)117(4,5)6)100-71-111-114-112(72-100)124-107-66-88(85-34-31-76-23-13-16-26-80(76)61-85)39-57-103(107)119(114)102-56-38-87(65-106(102)123-111)84-33-30-75-22-12-15-25-79(75)60-84/h9-72H,73H2,1-8H3. The molecule has 0 spiro atoms. The number of anilines is 6. The van der Waals surface area contributed by atoms with E-state index in [9.17, 15) is 0 Å². The Bertz CT molecular complexity index is 7460. The molecule has 4 heterocycles. The summed E-state index contributed by atoms with van der Waals surface area (Å²) in [6, 6.07) is 143. The summed E-state index contributed by atoms with van der Waals surface area (Å²) in [6.07, 6.45) is 0.738. The molecule has 0 fully saturated rings. The molecule has 0 aliphatic carbocycles. The van der Waals surface area contributed by atoms with Gasteiger partial charge in [-0.3, -0.25) is 0 Å². The van der Waals surface area contributed by atoms with E-state index in [1.54, 1.807) is 0 Å². The third-order valence-corrected chi connectivity index (χ3v) is 26.7. The van der Waals surface area contributed by atoms with Crippen LogP contribution in [0.5, 0.6) is 46.0 Å². The highest BCUT2D eigenvalue weighted by atomic mass is 16.5. The van der Waals surface area contributed by atoms with E-state index in [0.717, 1.165) is 169 Å². The lowest BCUT2D eigenvalue weighted by Crippen LogP contribution is -2.57. The van der Waals surface area contributed by atoms with Crippen LogP contribution in [0.25, 0.3) is 98.7 Å². The Balaban J connectivity index is 0.621. The van der Waals surface area contributed by atoms with E-state index in [4.69, 9.17) is 18.9 Å². The molecule has 8 heteroatoms. The molecule has 4 aliphatic rings. The van der Waals surface area contributed by atoms with Gasteiger partial charge in [0.2, 0.25) is 0 Å². The third kappa shape index (κ3) is 13.5. The van der Waals surface area contributed by atoms with Gasteiger partial charge in [-0.15, -0.1) is 0 Å². The first-order chi connectivity index (χ1) is 61.3. The van der Waals surface area contributed by atoms with Gasteiger partial charge < -0.3 is 28.7 Å². The first-order valence-electron chi connectivity index (χ1n) is 44.0. The van der Waals surface area contributed by atoms with Gasteiger partial charge in [0, 0.05) is 57.9 Å². The minimum Gasteiger partial charge on any atom is -0.458 e. The van der Waals surface area contributed by atoms with Gasteiger partial charge in [0.15, 0.2) is 0 Å². The van der Waals surface area contributed by atoms with Crippen LogP contribution < -0.4 is 61.5 Å². The highest BCUT2D eigenvalue weighted by Crippen LogP contribution is 2.50. The minimum atomic E-state index is -0.367. The molecule has 0 amide bonds. The zero-order chi connectivity index (χ0) is 84.8. The van der Waals surface area contributed by atoms with Crippen molar-refractivity contribution < 1.29 is 18.9 Å². The second-order valence-electron chi connectivity index (χ2n) is 37.3. The lowest BCUT2D eigenvalue weighted by molar-refractivity contribution is 0.464. The van der Waals surface area contributed by atoms with E-state index in [2.05, 4.69) is 453 Å². The van der Waals surface area contributed by atoms with Crippen LogP contribution in [0.15, 0.2) is 388 Å². The molecular weight excluding hydrogens is 1530 g/mol. The van der Waals surface area contributed by atoms with Crippen LogP contribution in [0, 0.1) is 0 Å². The predicted molar refractivity (Wildman–Crippen MR) is 529 cm³/mol. The minimum absolute atomic E-state index is 0.0386. The zero-order valence-electron chi connectivity index (χ0n) is 71.8. The van der Waals surface area contributed by atoms with Crippen LogP contribution in [0.3, 0.4) is 0 Å². The highest BCUT2D eigenvalue weighted by molar-refractivity contribution is 6.99. The van der Waals surface area contributed by atoms with E-state index >= 15 is 0 Å². The fraction of sp³-hybridized carbons (Fsp3) is 0.102. The molecule has 4 aliphatic heterocycles. The lowest BCUT2D eigenvalue weighted by atomic mass is 9.34. The van der Waals surface area contributed by atoms with Crippen molar-refractivity contribution in [1.82, 2.24) is 0 Å². The second kappa shape index (κ2) is 29.7. The first-order valence-corrected chi connectivity index (χ1v) is 44.0. The number of hydrogen-bond donors (Lipinski definition) is 0.